The summed E-state index contributed by atoms with van der Waals surface area (Å²) in [5, 5.41) is 122. The molecule has 35 N–H and O–H groups in total. The molecule has 2 rings (SSSR count). The number of hydrogen-bond donors (Lipinski definition) is 29. The van der Waals surface area contributed by atoms with Crippen molar-refractivity contribution in [3.05, 3.63) is 0 Å². The predicted octanol–water partition coefficient (Wildman–Crippen LogP) is -12.9. The van der Waals surface area contributed by atoms with Crippen LogP contribution >= 0.6 is 0 Å². The van der Waals surface area contributed by atoms with Gasteiger partial charge in [-0.05, 0) is 110 Å². The van der Waals surface area contributed by atoms with Gasteiger partial charge in [0, 0.05) is 33.5 Å². The van der Waals surface area contributed by atoms with Crippen LogP contribution in [0.1, 0.15) is 154 Å². The van der Waals surface area contributed by atoms with Crippen LogP contribution < -0.4 is 114 Å². The Morgan fingerprint density at radius 3 is 1.13 bits per heavy atom. The third-order valence-corrected chi connectivity index (χ3v) is 19.6. The van der Waals surface area contributed by atoms with Crippen LogP contribution in [0.15, 0.2) is 15.0 Å². The third kappa shape index (κ3) is 39.3. The molecule has 0 aromatic rings. The molecule has 51 heteroatoms. The normalized spacial score (nSPS) is 21.6. The van der Waals surface area contributed by atoms with Gasteiger partial charge in [-0.2, -0.15) is 0 Å². The van der Waals surface area contributed by atoms with Crippen LogP contribution in [0, 0.1) is 17.8 Å². The van der Waals surface area contributed by atoms with Crippen LogP contribution in [0.4, 0.5) is 0 Å². The second-order valence-corrected chi connectivity index (χ2v) is 31.9. The van der Waals surface area contributed by atoms with Crippen molar-refractivity contribution in [2.24, 2.45) is 67.1 Å². The number of rotatable bonds is 55. The molecule has 51 nitrogen and oxygen atoms in total. The number of hydrogen-bond acceptors (Lipinski definition) is 30. The average molecular weight is 1800 g/mol. The molecule has 2 heterocycles. The van der Waals surface area contributed by atoms with E-state index in [1.54, 1.807) is 41.5 Å². The molecule has 716 valence electrons. The number of carboxylic acid groups (broad SMARTS) is 1. The van der Waals surface area contributed by atoms with Crippen LogP contribution in [0.2, 0.25) is 0 Å². The van der Waals surface area contributed by atoms with Gasteiger partial charge in [0.2, 0.25) is 82.7 Å². The van der Waals surface area contributed by atoms with Gasteiger partial charge in [-0.1, -0.05) is 41.5 Å². The minimum absolute atomic E-state index is 0.0356. The van der Waals surface area contributed by atoms with Crippen molar-refractivity contribution < 1.29 is 132 Å². The summed E-state index contributed by atoms with van der Waals surface area (Å²) in [5.41, 5.74) is 33.2. The van der Waals surface area contributed by atoms with Crippen molar-refractivity contribution in [1.29, 1.82) is 0 Å². The molecular weight excluding hydrogens is 1670 g/mol. The van der Waals surface area contributed by atoms with E-state index in [9.17, 15) is 108 Å². The maximum Gasteiger partial charge on any atom is 0.305 e. The molecule has 5 unspecified atom stereocenters. The van der Waals surface area contributed by atoms with E-state index in [1.165, 1.54) is 20.9 Å². The standard InChI is InChI=1S/C75H134N24O27/c1-31(2)23-43(92-62(115)41(18-15-21-84-74(78)79)90-61(114)40(17-14-20-83-73(76)77)89-60(113)35(8)82-13)64(117)93-44(24-32(3)4)65(118)95-46(26-51(107)98-71-54(87-38(11)105)58(112)59(50(30-102)124-71)126-72-55(88-39(12)106)57(111)56(110)49(29-101)125-72)67(120)94-45(25-33(5)6)66(119)97-48(28-100)69(122)91-42(19-16-22-85-75(80)81)63(116)96-47(27-52(108)109)68(121)99-53(37(10)104)70(123)86-34(7)36(9)103/h31-35,37,40-50,53-59,71-72,82,100-102,104,110-112H,14-30H2,1-13H3,(H,86,123)(H,87,105)(H,88,106)(H,89,113)(H,90,114)(H,91,122)(H,92,115)(H,93,117)(H,94,120)(H,95,118)(H,96,116)(H,97,119)(H,98,107)(H,99,121)(H,108,109)(H4,76,77,83)(H4,78,79,84)(H4,80,81,85)/t34-,35-,37+,40-,41-,42-,43-,44-,45-,46-,47-,48-,49?,50?,53?,54-,55-,56+,57?,58?,59+,71-,72-/m0/s1. The lowest BCUT2D eigenvalue weighted by Gasteiger charge is -2.48. The molecule has 126 heavy (non-hydrogen) atoms. The fourth-order valence-electron chi connectivity index (χ4n) is 12.8. The predicted molar refractivity (Wildman–Crippen MR) is 448 cm³/mol. The zero-order chi connectivity index (χ0) is 95.9. The maximum atomic E-state index is 15.3. The SMILES string of the molecule is CN[C@@H](C)C(=O)N[C@@H](CCCN=C(N)N)C(=O)N[C@@H](CCCN=C(N)N)C(=O)N[C@@H](CC(C)C)C(=O)N[C@@H](CC(C)C)C(=O)N[C@@H](CC(=O)N[C@H]1OC(CO)[C@@H](O[C@@H]2OC(CO)[C@@H](O)C(O)[C@@H]2NC(C)=O)C(O)[C@@H]1NC(C)=O)C(=O)N[C@@H](CC(C)C)C(=O)N[C@@H](CO)C(=O)N[C@@H](CCCN=C(N)N)C(=O)N[C@@H](CC(=O)O)C(=O)NC(C(=O)N[C@@H](C)C(C)=O)[C@@H](C)O. The largest absolute Gasteiger partial charge is 0.481 e. The van der Waals surface area contributed by atoms with Crippen molar-refractivity contribution >= 4 is 112 Å². The van der Waals surface area contributed by atoms with E-state index in [0.29, 0.717) is 0 Å². The molecule has 23 atom stereocenters. The molecule has 0 bridgehead atoms. The number of likely N-dealkylation sites (N-methyl/N-ethyl adjacent to an activating group) is 1. The summed E-state index contributed by atoms with van der Waals surface area (Å²) >= 11 is 0. The molecule has 0 radical (unpaired) electrons. The smallest absolute Gasteiger partial charge is 0.305 e. The first kappa shape index (κ1) is 111. The van der Waals surface area contributed by atoms with Crippen LogP contribution in [0.25, 0.3) is 0 Å². The van der Waals surface area contributed by atoms with Crippen molar-refractivity contribution in [3.63, 3.8) is 0 Å². The van der Waals surface area contributed by atoms with E-state index in [1.807, 2.05) is 0 Å². The summed E-state index contributed by atoms with van der Waals surface area (Å²) in [6.45, 7) is 13.4. The van der Waals surface area contributed by atoms with Crippen LogP contribution in [0.3, 0.4) is 0 Å². The first-order valence-corrected chi connectivity index (χ1v) is 41.1. The summed E-state index contributed by atoms with van der Waals surface area (Å²) in [7, 11) is 1.51. The number of aliphatic hydroxyl groups is 7. The molecular formula is C75H134N24O27. The van der Waals surface area contributed by atoms with Gasteiger partial charge in [0.05, 0.1) is 50.8 Å². The van der Waals surface area contributed by atoms with E-state index < -0.39 is 297 Å². The zero-order valence-electron chi connectivity index (χ0n) is 73.2. The molecule has 0 saturated carbocycles. The molecule has 2 saturated heterocycles. The Kier molecular flexibility index (Phi) is 49.0. The van der Waals surface area contributed by atoms with Gasteiger partial charge in [-0.3, -0.25) is 91.7 Å². The van der Waals surface area contributed by atoms with Crippen molar-refractivity contribution in [1.82, 2.24) is 79.8 Å². The molecule has 0 spiro atoms. The van der Waals surface area contributed by atoms with E-state index >= 15 is 9.59 Å². The number of aliphatic carboxylic acids is 1. The second kappa shape index (κ2) is 55.5. The lowest BCUT2D eigenvalue weighted by atomic mass is 9.94. The number of ketones is 1. The maximum absolute atomic E-state index is 15.3. The molecule has 14 amide bonds. The van der Waals surface area contributed by atoms with Crippen molar-refractivity contribution in [2.45, 2.75) is 294 Å². The Morgan fingerprint density at radius 1 is 0.405 bits per heavy atom. The van der Waals surface area contributed by atoms with Crippen molar-refractivity contribution in [2.75, 3.05) is 46.5 Å². The van der Waals surface area contributed by atoms with Gasteiger partial charge in [-0.25, -0.2) is 0 Å². The first-order valence-electron chi connectivity index (χ1n) is 41.1. The van der Waals surface area contributed by atoms with Gasteiger partial charge in [0.15, 0.2) is 36.2 Å². The first-order chi connectivity index (χ1) is 58.9. The van der Waals surface area contributed by atoms with Crippen LogP contribution in [0.5, 0.6) is 0 Å². The monoisotopic (exact) mass is 1800 g/mol. The Hall–Kier alpha value is -10.9. The number of ether oxygens (including phenoxy) is 3. The summed E-state index contributed by atoms with van der Waals surface area (Å²) in [5.74, 6) is -19.9. The number of carbonyl (C=O) groups excluding carboxylic acids is 15. The highest BCUT2D eigenvalue weighted by atomic mass is 16.7. The van der Waals surface area contributed by atoms with Crippen molar-refractivity contribution in [3.8, 4) is 0 Å². The fourth-order valence-corrected chi connectivity index (χ4v) is 12.8. The number of aliphatic hydroxyl groups excluding tert-OH is 7. The van der Waals surface area contributed by atoms with E-state index in [4.69, 9.17) is 48.6 Å². The lowest BCUT2D eigenvalue weighted by molar-refractivity contribution is -0.315. The van der Waals surface area contributed by atoms with Gasteiger partial charge in [-0.15, -0.1) is 0 Å². The lowest BCUT2D eigenvalue weighted by Crippen LogP contribution is -2.71. The van der Waals surface area contributed by atoms with Gasteiger partial charge in [0.25, 0.3) is 0 Å². The number of guanidine groups is 3. The minimum atomic E-state index is -2.21. The van der Waals surface area contributed by atoms with Gasteiger partial charge in [0.1, 0.15) is 109 Å². The third-order valence-electron chi connectivity index (χ3n) is 19.6. The summed E-state index contributed by atoms with van der Waals surface area (Å²) in [4.78, 5) is 234. The molecule has 2 fully saturated rings. The van der Waals surface area contributed by atoms with E-state index in [2.05, 4.69) is 94.7 Å². The number of carboxylic acids is 1. The van der Waals surface area contributed by atoms with Gasteiger partial charge >= 0.3 is 5.97 Å². The minimum Gasteiger partial charge on any atom is -0.481 e. The number of Topliss-reactive ketones (excluding diaryl/α,β-unsaturated/α-hetero) is 1. The number of carbonyl (C=O) groups is 16. The van der Waals surface area contributed by atoms with Crippen LogP contribution in [-0.2, 0) is 90.9 Å². The van der Waals surface area contributed by atoms with Gasteiger partial charge < -0.3 is 169 Å². The molecule has 2 aliphatic heterocycles. The average Bonchev–Trinajstić information content (AvgIpc) is 0.774. The molecule has 0 aliphatic carbocycles. The summed E-state index contributed by atoms with van der Waals surface area (Å²) in [6.07, 6.45) is -20.1. The van der Waals surface area contributed by atoms with E-state index in [0.717, 1.165) is 27.7 Å². The Morgan fingerprint density at radius 2 is 0.762 bits per heavy atom. The molecule has 2 aliphatic rings. The topological polar surface area (TPSA) is 836 Å². The quantitative estimate of drug-likeness (QED) is 0.0153. The summed E-state index contributed by atoms with van der Waals surface area (Å²) in [6, 6.07) is -23.1. The molecule has 0 aromatic heterocycles. The number of nitrogens with zero attached hydrogens (tertiary/aromatic N) is 3. The molecule has 0 aromatic carbocycles. The number of nitrogens with one attached hydrogen (secondary N) is 15. The fraction of sp³-hybridized carbons (Fsp3) is 0.747. The highest BCUT2D eigenvalue weighted by molar-refractivity contribution is 6.01. The Bertz CT molecular complexity index is 3740. The highest BCUT2D eigenvalue weighted by Gasteiger charge is 2.53. The Labute approximate surface area is 728 Å². The number of amides is 14. The van der Waals surface area contributed by atoms with Crippen LogP contribution in [-0.4, -0.2) is 340 Å². The van der Waals surface area contributed by atoms with E-state index in [-0.39, 0.29) is 82.9 Å². The number of aliphatic imine (C=N–C) groups is 3. The second-order valence-electron chi connectivity index (χ2n) is 31.9. The Balaban J connectivity index is 2.92. The number of nitrogens with two attached hydrogens (primary N) is 6. The highest BCUT2D eigenvalue weighted by Crippen LogP contribution is 2.30. The summed E-state index contributed by atoms with van der Waals surface area (Å²) < 4.78 is 17.8. The zero-order valence-corrected chi connectivity index (χ0v) is 73.2.